The summed E-state index contributed by atoms with van der Waals surface area (Å²) >= 11 is 0. The molecular formula is C15H24O2. The zero-order valence-electron chi connectivity index (χ0n) is 11.1. The van der Waals surface area contributed by atoms with Crippen LogP contribution in [0.15, 0.2) is 24.3 Å². The van der Waals surface area contributed by atoms with Crippen molar-refractivity contribution in [3.63, 3.8) is 0 Å². The molecule has 0 aliphatic heterocycles. The maximum absolute atomic E-state index is 10.0. The fraction of sp³-hybridized carbons (Fsp3) is 0.600. The van der Waals surface area contributed by atoms with Gasteiger partial charge in [0.25, 0.3) is 0 Å². The maximum Gasteiger partial charge on any atom is 0.0791 e. The minimum Gasteiger partial charge on any atom is -0.388 e. The van der Waals surface area contributed by atoms with E-state index in [1.54, 1.807) is 7.11 Å². The standard InChI is InChI=1S/C15H24O2/c1-4-5-13-7-9-14(10-8-13)15(16)11-6-12(2)17-3/h7-10,12,15-16H,4-6,11H2,1-3H3. The summed E-state index contributed by atoms with van der Waals surface area (Å²) in [6, 6.07) is 8.30. The second-order valence-corrected chi connectivity index (χ2v) is 4.63. The lowest BCUT2D eigenvalue weighted by atomic mass is 10.0. The topological polar surface area (TPSA) is 29.5 Å². The molecule has 1 N–H and O–H groups in total. The van der Waals surface area contributed by atoms with Crippen LogP contribution in [0, 0.1) is 0 Å². The third-order valence-electron chi connectivity index (χ3n) is 3.15. The molecule has 1 aromatic rings. The van der Waals surface area contributed by atoms with E-state index in [1.807, 2.05) is 19.1 Å². The Balaban J connectivity index is 2.48. The van der Waals surface area contributed by atoms with Crippen LogP contribution in [0.1, 0.15) is 50.3 Å². The first-order valence-corrected chi connectivity index (χ1v) is 6.47. The van der Waals surface area contributed by atoms with Gasteiger partial charge in [-0.3, -0.25) is 0 Å². The Morgan fingerprint density at radius 2 is 1.82 bits per heavy atom. The van der Waals surface area contributed by atoms with Crippen LogP contribution < -0.4 is 0 Å². The van der Waals surface area contributed by atoms with Crippen molar-refractivity contribution in [1.29, 1.82) is 0 Å². The van der Waals surface area contributed by atoms with Gasteiger partial charge in [0.05, 0.1) is 12.2 Å². The Morgan fingerprint density at radius 3 is 2.35 bits per heavy atom. The number of hydrogen-bond acceptors (Lipinski definition) is 2. The van der Waals surface area contributed by atoms with E-state index >= 15 is 0 Å². The van der Waals surface area contributed by atoms with Crippen LogP contribution >= 0.6 is 0 Å². The zero-order chi connectivity index (χ0) is 12.7. The van der Waals surface area contributed by atoms with Gasteiger partial charge in [0, 0.05) is 7.11 Å². The van der Waals surface area contributed by atoms with Crippen molar-refractivity contribution in [2.24, 2.45) is 0 Å². The molecule has 2 nitrogen and oxygen atoms in total. The maximum atomic E-state index is 10.0. The predicted molar refractivity (Wildman–Crippen MR) is 71.1 cm³/mol. The van der Waals surface area contributed by atoms with Gasteiger partial charge in [0.15, 0.2) is 0 Å². The van der Waals surface area contributed by atoms with Gasteiger partial charge >= 0.3 is 0 Å². The van der Waals surface area contributed by atoms with Crippen molar-refractivity contribution in [3.05, 3.63) is 35.4 Å². The van der Waals surface area contributed by atoms with Crippen molar-refractivity contribution in [2.75, 3.05) is 7.11 Å². The molecule has 0 aromatic heterocycles. The van der Waals surface area contributed by atoms with E-state index in [0.717, 1.165) is 31.2 Å². The van der Waals surface area contributed by atoms with Crippen LogP contribution in [0.5, 0.6) is 0 Å². The highest BCUT2D eigenvalue weighted by atomic mass is 16.5. The SMILES string of the molecule is CCCc1ccc(C(O)CCC(C)OC)cc1. The minimum absolute atomic E-state index is 0.212. The Bertz CT molecular complexity index is 305. The molecule has 0 aliphatic rings. The van der Waals surface area contributed by atoms with Crippen molar-refractivity contribution in [2.45, 2.75) is 51.7 Å². The smallest absolute Gasteiger partial charge is 0.0791 e. The van der Waals surface area contributed by atoms with Crippen LogP contribution in [0.3, 0.4) is 0 Å². The van der Waals surface area contributed by atoms with Crippen LogP contribution in [0.2, 0.25) is 0 Å². The van der Waals surface area contributed by atoms with Crippen LogP contribution in [0.4, 0.5) is 0 Å². The molecule has 0 saturated carbocycles. The average molecular weight is 236 g/mol. The lowest BCUT2D eigenvalue weighted by Gasteiger charge is -2.14. The summed E-state index contributed by atoms with van der Waals surface area (Å²) < 4.78 is 5.18. The van der Waals surface area contributed by atoms with E-state index in [4.69, 9.17) is 4.74 Å². The third kappa shape index (κ3) is 4.88. The molecule has 96 valence electrons. The molecule has 2 atom stereocenters. The molecule has 0 fully saturated rings. The van der Waals surface area contributed by atoms with Gasteiger partial charge in [-0.25, -0.2) is 0 Å². The van der Waals surface area contributed by atoms with Crippen molar-refractivity contribution in [3.8, 4) is 0 Å². The number of ether oxygens (including phenoxy) is 1. The Kier molecular flexibility index (Phi) is 6.23. The summed E-state index contributed by atoms with van der Waals surface area (Å²) in [6.07, 6.45) is 3.74. The Hall–Kier alpha value is -0.860. The monoisotopic (exact) mass is 236 g/mol. The molecular weight excluding hydrogens is 212 g/mol. The van der Waals surface area contributed by atoms with Crippen molar-refractivity contribution >= 4 is 0 Å². The Labute approximate surface area is 105 Å². The quantitative estimate of drug-likeness (QED) is 0.785. The van der Waals surface area contributed by atoms with Crippen LogP contribution in [-0.4, -0.2) is 18.3 Å². The second-order valence-electron chi connectivity index (χ2n) is 4.63. The molecule has 2 unspecified atom stereocenters. The van der Waals surface area contributed by atoms with Crippen LogP contribution in [0.25, 0.3) is 0 Å². The molecule has 2 heteroatoms. The van der Waals surface area contributed by atoms with Gasteiger partial charge in [-0.15, -0.1) is 0 Å². The van der Waals surface area contributed by atoms with Crippen LogP contribution in [-0.2, 0) is 11.2 Å². The fourth-order valence-corrected chi connectivity index (χ4v) is 1.87. The average Bonchev–Trinajstić information content (AvgIpc) is 2.36. The highest BCUT2D eigenvalue weighted by Crippen LogP contribution is 2.20. The summed E-state index contributed by atoms with van der Waals surface area (Å²) in [6.45, 7) is 4.20. The number of hydrogen-bond donors (Lipinski definition) is 1. The molecule has 0 radical (unpaired) electrons. The lowest BCUT2D eigenvalue weighted by Crippen LogP contribution is -2.07. The van der Waals surface area contributed by atoms with E-state index in [1.165, 1.54) is 5.56 Å². The van der Waals surface area contributed by atoms with Gasteiger partial charge in [-0.1, -0.05) is 37.6 Å². The highest BCUT2D eigenvalue weighted by Gasteiger charge is 2.09. The first-order chi connectivity index (χ1) is 8.17. The number of aryl methyl sites for hydroxylation is 1. The second kappa shape index (κ2) is 7.46. The lowest BCUT2D eigenvalue weighted by molar-refractivity contribution is 0.0851. The normalized spacial score (nSPS) is 14.6. The number of aliphatic hydroxyl groups excluding tert-OH is 1. The first-order valence-electron chi connectivity index (χ1n) is 6.47. The van der Waals surface area contributed by atoms with Crippen molar-refractivity contribution < 1.29 is 9.84 Å². The molecule has 0 heterocycles. The molecule has 1 rings (SSSR count). The summed E-state index contributed by atoms with van der Waals surface area (Å²) in [7, 11) is 1.70. The molecule has 0 aliphatic carbocycles. The fourth-order valence-electron chi connectivity index (χ4n) is 1.87. The summed E-state index contributed by atoms with van der Waals surface area (Å²) in [5.74, 6) is 0. The minimum atomic E-state index is -0.372. The number of methoxy groups -OCH3 is 1. The van der Waals surface area contributed by atoms with Gasteiger partial charge in [0.2, 0.25) is 0 Å². The van der Waals surface area contributed by atoms with Gasteiger partial charge in [0.1, 0.15) is 0 Å². The van der Waals surface area contributed by atoms with Gasteiger partial charge in [-0.2, -0.15) is 0 Å². The van der Waals surface area contributed by atoms with Gasteiger partial charge in [-0.05, 0) is 37.3 Å². The summed E-state index contributed by atoms with van der Waals surface area (Å²) in [5.41, 5.74) is 2.35. The molecule has 0 saturated heterocycles. The Morgan fingerprint density at radius 1 is 1.18 bits per heavy atom. The van der Waals surface area contributed by atoms with E-state index in [0.29, 0.717) is 0 Å². The number of rotatable bonds is 7. The number of benzene rings is 1. The zero-order valence-corrected chi connectivity index (χ0v) is 11.1. The van der Waals surface area contributed by atoms with E-state index < -0.39 is 0 Å². The predicted octanol–water partition coefficient (Wildman–Crippen LogP) is 3.49. The first kappa shape index (κ1) is 14.2. The molecule has 0 amide bonds. The van der Waals surface area contributed by atoms with E-state index in [9.17, 15) is 5.11 Å². The highest BCUT2D eigenvalue weighted by molar-refractivity contribution is 5.24. The summed E-state index contributed by atoms with van der Waals surface area (Å²) in [4.78, 5) is 0. The third-order valence-corrected chi connectivity index (χ3v) is 3.15. The van der Waals surface area contributed by atoms with Gasteiger partial charge < -0.3 is 9.84 Å². The molecule has 0 spiro atoms. The summed E-state index contributed by atoms with van der Waals surface area (Å²) in [5, 5.41) is 10.0. The van der Waals surface area contributed by atoms with E-state index in [2.05, 4.69) is 19.1 Å². The molecule has 1 aromatic carbocycles. The largest absolute Gasteiger partial charge is 0.388 e. The number of aliphatic hydroxyl groups is 1. The van der Waals surface area contributed by atoms with E-state index in [-0.39, 0.29) is 12.2 Å². The van der Waals surface area contributed by atoms with Crippen molar-refractivity contribution in [1.82, 2.24) is 0 Å². The molecule has 0 bridgehead atoms. The molecule has 17 heavy (non-hydrogen) atoms.